The average Bonchev–Trinajstić information content (AvgIpc) is 2.34. The molecule has 0 fully saturated rings. The van der Waals surface area contributed by atoms with E-state index in [0.717, 1.165) is 6.42 Å². The summed E-state index contributed by atoms with van der Waals surface area (Å²) in [6, 6.07) is 8.98. The second-order valence-electron chi connectivity index (χ2n) is 3.69. The number of carbonyl (C=O) groups excluding carboxylic acids is 2. The van der Waals surface area contributed by atoms with Crippen molar-refractivity contribution in [2.24, 2.45) is 0 Å². The van der Waals surface area contributed by atoms with Crippen LogP contribution in [0.4, 0.5) is 0 Å². The van der Waals surface area contributed by atoms with Crippen LogP contribution in [-0.2, 0) is 14.3 Å². The third kappa shape index (κ3) is 4.26. The highest BCUT2D eigenvalue weighted by molar-refractivity contribution is 5.84. The van der Waals surface area contributed by atoms with Gasteiger partial charge in [0.05, 0.1) is 0 Å². The van der Waals surface area contributed by atoms with Crippen molar-refractivity contribution in [3.8, 4) is 0 Å². The summed E-state index contributed by atoms with van der Waals surface area (Å²) in [5, 5.41) is 2.72. The quantitative estimate of drug-likeness (QED) is 0.792. The maximum absolute atomic E-state index is 11.8. The fraction of sp³-hybridized carbons (Fsp3) is 0.385. The number of hydrogen-bond donors (Lipinski definition) is 1. The molecule has 0 aliphatic rings. The molecule has 1 atom stereocenters. The molecule has 1 N–H and O–H groups in total. The van der Waals surface area contributed by atoms with Crippen LogP contribution >= 0.6 is 0 Å². The molecule has 1 aromatic rings. The van der Waals surface area contributed by atoms with Gasteiger partial charge in [-0.05, 0) is 6.42 Å². The van der Waals surface area contributed by atoms with E-state index in [0.29, 0.717) is 12.1 Å². The number of ether oxygens (including phenoxy) is 1. The summed E-state index contributed by atoms with van der Waals surface area (Å²) in [5.41, 5.74) is 0.677. The minimum atomic E-state index is -0.861. The van der Waals surface area contributed by atoms with Gasteiger partial charge in [-0.15, -0.1) is 0 Å². The molecule has 0 spiro atoms. The first-order valence-corrected chi connectivity index (χ1v) is 5.65. The minimum Gasteiger partial charge on any atom is -0.447 e. The molecule has 0 heterocycles. The van der Waals surface area contributed by atoms with Crippen LogP contribution in [0.25, 0.3) is 0 Å². The van der Waals surface area contributed by atoms with Crippen LogP contribution in [0.2, 0.25) is 0 Å². The highest BCUT2D eigenvalue weighted by Gasteiger charge is 2.22. The molecule has 4 heteroatoms. The predicted octanol–water partition coefficient (Wildman–Crippen LogP) is 1.82. The minimum absolute atomic E-state index is 0.284. The van der Waals surface area contributed by atoms with E-state index in [4.69, 9.17) is 4.74 Å². The Balaban J connectivity index is 2.80. The summed E-state index contributed by atoms with van der Waals surface area (Å²) in [6.45, 7) is 3.83. The maximum Gasteiger partial charge on any atom is 0.303 e. The topological polar surface area (TPSA) is 55.4 Å². The van der Waals surface area contributed by atoms with E-state index >= 15 is 0 Å². The Morgan fingerprint density at radius 1 is 1.29 bits per heavy atom. The van der Waals surface area contributed by atoms with Crippen molar-refractivity contribution in [2.75, 3.05) is 6.54 Å². The normalized spacial score (nSPS) is 11.6. The summed E-state index contributed by atoms with van der Waals surface area (Å²) in [7, 11) is 0. The van der Waals surface area contributed by atoms with E-state index in [1.165, 1.54) is 6.92 Å². The number of hydrogen-bond acceptors (Lipinski definition) is 3. The lowest BCUT2D eigenvalue weighted by molar-refractivity contribution is -0.154. The second kappa shape index (κ2) is 6.68. The molecule has 0 aliphatic carbocycles. The fourth-order valence-electron chi connectivity index (χ4n) is 1.41. The first-order chi connectivity index (χ1) is 8.15. The van der Waals surface area contributed by atoms with Crippen LogP contribution in [0, 0.1) is 0 Å². The molecule has 0 aromatic heterocycles. The summed E-state index contributed by atoms with van der Waals surface area (Å²) in [5.74, 6) is -0.751. The van der Waals surface area contributed by atoms with Crippen LogP contribution in [0.1, 0.15) is 31.9 Å². The SMILES string of the molecule is CCCNC(=O)C(OC(C)=O)c1ccccc1. The molecule has 0 saturated heterocycles. The predicted molar refractivity (Wildman–Crippen MR) is 64.2 cm³/mol. The molecule has 17 heavy (non-hydrogen) atoms. The van der Waals surface area contributed by atoms with Gasteiger partial charge >= 0.3 is 5.97 Å². The monoisotopic (exact) mass is 235 g/mol. The standard InChI is InChI=1S/C13H17NO3/c1-3-9-14-13(16)12(17-10(2)15)11-7-5-4-6-8-11/h4-8,12H,3,9H2,1-2H3,(H,14,16). The molecule has 0 radical (unpaired) electrons. The fourth-order valence-corrected chi connectivity index (χ4v) is 1.41. The lowest BCUT2D eigenvalue weighted by Gasteiger charge is -2.16. The van der Waals surface area contributed by atoms with E-state index in [2.05, 4.69) is 5.32 Å². The zero-order chi connectivity index (χ0) is 12.7. The first kappa shape index (κ1) is 13.2. The summed E-state index contributed by atoms with van der Waals surface area (Å²) in [4.78, 5) is 22.9. The van der Waals surface area contributed by atoms with Gasteiger partial charge in [-0.3, -0.25) is 9.59 Å². The molecule has 92 valence electrons. The summed E-state index contributed by atoms with van der Waals surface area (Å²) in [6.07, 6.45) is -0.0203. The number of nitrogens with one attached hydrogen (secondary N) is 1. The van der Waals surface area contributed by atoms with Crippen LogP contribution in [-0.4, -0.2) is 18.4 Å². The van der Waals surface area contributed by atoms with E-state index in [1.807, 2.05) is 13.0 Å². The highest BCUT2D eigenvalue weighted by Crippen LogP contribution is 2.17. The summed E-state index contributed by atoms with van der Waals surface area (Å²) < 4.78 is 5.04. The number of rotatable bonds is 5. The Kier molecular flexibility index (Phi) is 5.20. The largest absolute Gasteiger partial charge is 0.447 e. The third-order valence-corrected chi connectivity index (χ3v) is 2.17. The van der Waals surface area contributed by atoms with Crippen molar-refractivity contribution >= 4 is 11.9 Å². The van der Waals surface area contributed by atoms with Crippen LogP contribution in [0.15, 0.2) is 30.3 Å². The molecule has 0 saturated carbocycles. The van der Waals surface area contributed by atoms with Gasteiger partial charge in [0.2, 0.25) is 6.10 Å². The van der Waals surface area contributed by atoms with E-state index < -0.39 is 12.1 Å². The molecular weight excluding hydrogens is 218 g/mol. The van der Waals surface area contributed by atoms with Gasteiger partial charge in [0, 0.05) is 19.0 Å². The van der Waals surface area contributed by atoms with E-state index in [1.54, 1.807) is 24.3 Å². The third-order valence-electron chi connectivity index (χ3n) is 2.17. The van der Waals surface area contributed by atoms with Crippen molar-refractivity contribution in [1.82, 2.24) is 5.32 Å². The summed E-state index contributed by atoms with van der Waals surface area (Å²) >= 11 is 0. The lowest BCUT2D eigenvalue weighted by Crippen LogP contribution is -2.32. The van der Waals surface area contributed by atoms with Gasteiger partial charge in [0.15, 0.2) is 0 Å². The van der Waals surface area contributed by atoms with Crippen molar-refractivity contribution in [2.45, 2.75) is 26.4 Å². The molecule has 1 unspecified atom stereocenters. The van der Waals surface area contributed by atoms with Crippen LogP contribution < -0.4 is 5.32 Å². The maximum atomic E-state index is 11.8. The smallest absolute Gasteiger partial charge is 0.303 e. The number of benzene rings is 1. The van der Waals surface area contributed by atoms with Crippen LogP contribution in [0.5, 0.6) is 0 Å². The van der Waals surface area contributed by atoms with Gasteiger partial charge in [0.1, 0.15) is 0 Å². The number of esters is 1. The zero-order valence-corrected chi connectivity index (χ0v) is 10.1. The average molecular weight is 235 g/mol. The molecule has 1 rings (SSSR count). The van der Waals surface area contributed by atoms with Crippen molar-refractivity contribution in [1.29, 1.82) is 0 Å². The molecular formula is C13H17NO3. The second-order valence-corrected chi connectivity index (χ2v) is 3.69. The Bertz CT molecular complexity index is 376. The van der Waals surface area contributed by atoms with Crippen molar-refractivity contribution in [3.05, 3.63) is 35.9 Å². The Morgan fingerprint density at radius 3 is 2.47 bits per heavy atom. The zero-order valence-electron chi connectivity index (χ0n) is 10.1. The van der Waals surface area contributed by atoms with Crippen LogP contribution in [0.3, 0.4) is 0 Å². The van der Waals surface area contributed by atoms with Crippen molar-refractivity contribution < 1.29 is 14.3 Å². The van der Waals surface area contributed by atoms with Gasteiger partial charge in [-0.2, -0.15) is 0 Å². The Labute approximate surface area is 101 Å². The molecule has 0 bridgehead atoms. The molecule has 4 nitrogen and oxygen atoms in total. The lowest BCUT2D eigenvalue weighted by atomic mass is 10.1. The first-order valence-electron chi connectivity index (χ1n) is 5.65. The van der Waals surface area contributed by atoms with Gasteiger partial charge in [0.25, 0.3) is 5.91 Å². The number of carbonyl (C=O) groups is 2. The van der Waals surface area contributed by atoms with Crippen molar-refractivity contribution in [3.63, 3.8) is 0 Å². The van der Waals surface area contributed by atoms with Gasteiger partial charge < -0.3 is 10.1 Å². The number of amides is 1. The van der Waals surface area contributed by atoms with Gasteiger partial charge in [-0.25, -0.2) is 0 Å². The molecule has 0 aliphatic heterocycles. The van der Waals surface area contributed by atoms with E-state index in [-0.39, 0.29) is 5.91 Å². The Morgan fingerprint density at radius 2 is 1.94 bits per heavy atom. The highest BCUT2D eigenvalue weighted by atomic mass is 16.5. The molecule has 1 aromatic carbocycles. The van der Waals surface area contributed by atoms with Gasteiger partial charge in [-0.1, -0.05) is 37.3 Å². The molecule has 1 amide bonds. The van der Waals surface area contributed by atoms with E-state index in [9.17, 15) is 9.59 Å². The Hall–Kier alpha value is -1.84.